The van der Waals surface area contributed by atoms with Crippen LogP contribution >= 0.6 is 0 Å². The minimum absolute atomic E-state index is 0. The summed E-state index contributed by atoms with van der Waals surface area (Å²) >= 11 is 0. The fraction of sp³-hybridized carbons (Fsp3) is 0.778. The molecular formula is C18H32O8Zr. The number of rotatable bonds is 14. The summed E-state index contributed by atoms with van der Waals surface area (Å²) in [6, 6.07) is 0. The Labute approximate surface area is 180 Å². The van der Waals surface area contributed by atoms with Crippen LogP contribution in [0.3, 0.4) is 0 Å². The molecule has 156 valence electrons. The first-order valence-electron chi connectivity index (χ1n) is 9.09. The zero-order valence-corrected chi connectivity index (χ0v) is 19.3. The molecule has 0 heterocycles. The van der Waals surface area contributed by atoms with Gasteiger partial charge in [0.15, 0.2) is 0 Å². The van der Waals surface area contributed by atoms with Crippen molar-refractivity contribution in [2.45, 2.75) is 79.1 Å². The zero-order valence-electron chi connectivity index (χ0n) is 16.8. The van der Waals surface area contributed by atoms with Crippen molar-refractivity contribution in [3.63, 3.8) is 0 Å². The standard InChI is InChI=1S/2C9H16O4.Zr/c2*1-3-5-6-12-13-9(11)7-8(10)4-2;/h2*3-7H2,1-2H3;. The molecule has 0 aliphatic heterocycles. The average molecular weight is 468 g/mol. The zero-order chi connectivity index (χ0) is 20.2. The third kappa shape index (κ3) is 25.1. The Balaban J connectivity index is -0.000000411. The quantitative estimate of drug-likeness (QED) is 0.166. The Hall–Kier alpha value is -0.917. The number of Topliss-reactive ketones (excluding diaryl/α,β-unsaturated/α-hetero) is 2. The van der Waals surface area contributed by atoms with Gasteiger partial charge in [-0.2, -0.15) is 9.78 Å². The molecule has 0 rings (SSSR count). The van der Waals surface area contributed by atoms with Gasteiger partial charge in [0.25, 0.3) is 0 Å². The minimum Gasteiger partial charge on any atom is -0.299 e. The van der Waals surface area contributed by atoms with E-state index >= 15 is 0 Å². The first kappa shape index (κ1) is 30.8. The second-order valence-corrected chi connectivity index (χ2v) is 5.40. The molecule has 9 heteroatoms. The van der Waals surface area contributed by atoms with E-state index in [9.17, 15) is 19.2 Å². The molecular weight excluding hydrogens is 435 g/mol. The SMILES string of the molecule is CCCCOOC(=O)CC(=O)CC.CCCCOOC(=O)CC(=O)CC.[Zr]. The first-order chi connectivity index (χ1) is 12.4. The molecule has 0 saturated heterocycles. The van der Waals surface area contributed by atoms with Gasteiger partial charge < -0.3 is 0 Å². The van der Waals surface area contributed by atoms with Gasteiger partial charge in [0.1, 0.15) is 24.4 Å². The van der Waals surface area contributed by atoms with Crippen LogP contribution in [0.2, 0.25) is 0 Å². The fourth-order valence-corrected chi connectivity index (χ4v) is 1.25. The molecule has 8 nitrogen and oxygen atoms in total. The van der Waals surface area contributed by atoms with E-state index in [4.69, 9.17) is 0 Å². The summed E-state index contributed by atoms with van der Waals surface area (Å²) in [7, 11) is 0. The van der Waals surface area contributed by atoms with Gasteiger partial charge in [0, 0.05) is 39.0 Å². The Morgan fingerprint density at radius 1 is 0.630 bits per heavy atom. The molecule has 0 aliphatic carbocycles. The predicted octanol–water partition coefficient (Wildman–Crippen LogP) is 3.26. The van der Waals surface area contributed by atoms with Gasteiger partial charge in [-0.25, -0.2) is 9.59 Å². The first-order valence-corrected chi connectivity index (χ1v) is 9.09. The van der Waals surface area contributed by atoms with Crippen LogP contribution in [0, 0.1) is 0 Å². The molecule has 0 aromatic carbocycles. The van der Waals surface area contributed by atoms with Crippen molar-refractivity contribution in [1.82, 2.24) is 0 Å². The second kappa shape index (κ2) is 23.1. The largest absolute Gasteiger partial charge is 0.349 e. The average Bonchev–Trinajstić information content (AvgIpc) is 2.62. The van der Waals surface area contributed by atoms with E-state index in [-0.39, 0.29) is 50.6 Å². The maximum absolute atomic E-state index is 10.8. The van der Waals surface area contributed by atoms with Crippen LogP contribution in [0.25, 0.3) is 0 Å². The van der Waals surface area contributed by atoms with E-state index in [0.29, 0.717) is 26.1 Å². The smallest absolute Gasteiger partial charge is 0.299 e. The van der Waals surface area contributed by atoms with Crippen LogP contribution in [0.1, 0.15) is 79.1 Å². The van der Waals surface area contributed by atoms with Crippen LogP contribution in [0.15, 0.2) is 0 Å². The molecule has 0 radical (unpaired) electrons. The van der Waals surface area contributed by atoms with Crippen molar-refractivity contribution in [1.29, 1.82) is 0 Å². The third-order valence-corrected chi connectivity index (χ3v) is 2.94. The Kier molecular flexibility index (Phi) is 26.4. The van der Waals surface area contributed by atoms with Gasteiger partial charge >= 0.3 is 11.9 Å². The van der Waals surface area contributed by atoms with Crippen LogP contribution in [0.5, 0.6) is 0 Å². The molecule has 0 amide bonds. The maximum atomic E-state index is 10.8. The van der Waals surface area contributed by atoms with Crippen molar-refractivity contribution in [2.75, 3.05) is 13.2 Å². The summed E-state index contributed by atoms with van der Waals surface area (Å²) in [6.07, 6.45) is 3.96. The Bertz CT molecular complexity index is 374. The predicted molar refractivity (Wildman–Crippen MR) is 93.7 cm³/mol. The van der Waals surface area contributed by atoms with E-state index in [1.165, 1.54) is 0 Å². The molecule has 0 bridgehead atoms. The molecule has 0 aromatic heterocycles. The van der Waals surface area contributed by atoms with Crippen molar-refractivity contribution >= 4 is 23.5 Å². The molecule has 0 aliphatic rings. The van der Waals surface area contributed by atoms with Crippen LogP contribution in [-0.4, -0.2) is 36.7 Å². The monoisotopic (exact) mass is 466 g/mol. The van der Waals surface area contributed by atoms with Crippen molar-refractivity contribution in [3.05, 3.63) is 0 Å². The summed E-state index contributed by atoms with van der Waals surface area (Å²) in [5.41, 5.74) is 0. The van der Waals surface area contributed by atoms with Crippen LogP contribution in [0.4, 0.5) is 0 Å². The van der Waals surface area contributed by atoms with Crippen molar-refractivity contribution in [2.24, 2.45) is 0 Å². The van der Waals surface area contributed by atoms with E-state index in [1.807, 2.05) is 13.8 Å². The molecule has 0 aromatic rings. The molecule has 0 N–H and O–H groups in total. The Morgan fingerprint density at radius 3 is 1.22 bits per heavy atom. The maximum Gasteiger partial charge on any atom is 0.349 e. The summed E-state index contributed by atoms with van der Waals surface area (Å²) in [4.78, 5) is 61.0. The topological polar surface area (TPSA) is 105 Å². The van der Waals surface area contributed by atoms with E-state index in [1.54, 1.807) is 13.8 Å². The Morgan fingerprint density at radius 2 is 0.963 bits per heavy atom. The summed E-state index contributed by atoms with van der Waals surface area (Å²) in [6.45, 7) is 8.20. The number of carbonyl (C=O) groups is 4. The van der Waals surface area contributed by atoms with Crippen LogP contribution in [-0.2, 0) is 64.9 Å². The summed E-state index contributed by atoms with van der Waals surface area (Å²) < 4.78 is 0. The second-order valence-electron chi connectivity index (χ2n) is 5.40. The minimum atomic E-state index is -0.608. The number of ketones is 2. The van der Waals surface area contributed by atoms with Crippen LogP contribution < -0.4 is 0 Å². The molecule has 0 saturated carbocycles. The number of hydrogen-bond acceptors (Lipinski definition) is 8. The van der Waals surface area contributed by atoms with Gasteiger partial charge in [-0.15, -0.1) is 0 Å². The number of carbonyl (C=O) groups excluding carboxylic acids is 4. The molecule has 0 atom stereocenters. The van der Waals surface area contributed by atoms with Gasteiger partial charge in [0.05, 0.1) is 13.2 Å². The van der Waals surface area contributed by atoms with E-state index in [0.717, 1.165) is 25.7 Å². The number of hydrogen-bond donors (Lipinski definition) is 0. The van der Waals surface area contributed by atoms with Gasteiger partial charge in [-0.3, -0.25) is 19.4 Å². The molecule has 27 heavy (non-hydrogen) atoms. The normalized spacial score (nSPS) is 9.33. The molecule has 0 unspecified atom stereocenters. The number of unbranched alkanes of at least 4 members (excludes halogenated alkanes) is 2. The van der Waals surface area contributed by atoms with Gasteiger partial charge in [0.2, 0.25) is 0 Å². The van der Waals surface area contributed by atoms with Crippen molar-refractivity contribution in [3.8, 4) is 0 Å². The van der Waals surface area contributed by atoms with E-state index in [2.05, 4.69) is 19.6 Å². The summed E-state index contributed by atoms with van der Waals surface area (Å²) in [5.74, 6) is -1.49. The summed E-state index contributed by atoms with van der Waals surface area (Å²) in [5, 5.41) is 0. The molecule has 0 spiro atoms. The molecule has 0 fully saturated rings. The van der Waals surface area contributed by atoms with E-state index < -0.39 is 11.9 Å². The van der Waals surface area contributed by atoms with Gasteiger partial charge in [-0.05, 0) is 12.8 Å². The fourth-order valence-electron chi connectivity index (χ4n) is 1.25. The van der Waals surface area contributed by atoms with Crippen molar-refractivity contribution < 1.29 is 64.9 Å². The van der Waals surface area contributed by atoms with Gasteiger partial charge in [-0.1, -0.05) is 40.5 Å². The third-order valence-electron chi connectivity index (χ3n) is 2.94.